The molecule has 0 aliphatic carbocycles. The van der Waals surface area contributed by atoms with Gasteiger partial charge >= 0.3 is 0 Å². The predicted octanol–water partition coefficient (Wildman–Crippen LogP) is 0.761. The third kappa shape index (κ3) is 1.70. The van der Waals surface area contributed by atoms with Crippen molar-refractivity contribution in [3.05, 3.63) is 28.1 Å². The summed E-state index contributed by atoms with van der Waals surface area (Å²) in [6, 6.07) is 1.73. The summed E-state index contributed by atoms with van der Waals surface area (Å²) in [5, 5.41) is 27.9. The number of nitro groups is 1. The molecule has 6 heteroatoms. The van der Waals surface area contributed by atoms with Gasteiger partial charge in [0, 0.05) is 0 Å². The molecule has 0 aliphatic rings. The monoisotopic (exact) mass is 179 g/mol. The summed E-state index contributed by atoms with van der Waals surface area (Å²) < 4.78 is 0. The Labute approximate surface area is 73.2 Å². The van der Waals surface area contributed by atoms with Crippen molar-refractivity contribution in [2.45, 2.75) is 6.42 Å². The summed E-state index contributed by atoms with van der Waals surface area (Å²) in [7, 11) is 0. The largest absolute Gasteiger partial charge is 0.506 e. The molecular weight excluding hydrogens is 174 g/mol. The maximum Gasteiger partial charge on any atom is 0.295 e. The normalized spacial score (nSPS) is 9.15. The molecular formula is C7H5N3O3. The van der Waals surface area contributed by atoms with E-state index in [1.807, 2.05) is 0 Å². The molecule has 0 bridgehead atoms. The third-order valence-electron chi connectivity index (χ3n) is 1.46. The van der Waals surface area contributed by atoms with E-state index in [0.29, 0.717) is 0 Å². The lowest BCUT2D eigenvalue weighted by Gasteiger charge is -1.99. The number of aromatic nitrogens is 1. The van der Waals surface area contributed by atoms with Gasteiger partial charge < -0.3 is 5.11 Å². The number of hydrogen-bond donors (Lipinski definition) is 1. The van der Waals surface area contributed by atoms with Crippen molar-refractivity contribution in [2.75, 3.05) is 0 Å². The molecule has 0 saturated heterocycles. The highest BCUT2D eigenvalue weighted by Crippen LogP contribution is 2.25. The average Bonchev–Trinajstić information content (AvgIpc) is 2.08. The Balaban J connectivity index is 3.27. The van der Waals surface area contributed by atoms with Gasteiger partial charge in [-0.2, -0.15) is 5.26 Å². The lowest BCUT2D eigenvalue weighted by molar-refractivity contribution is -0.385. The molecule has 0 unspecified atom stereocenters. The van der Waals surface area contributed by atoms with Crippen LogP contribution in [0.4, 0.5) is 5.69 Å². The Morgan fingerprint density at radius 1 is 1.69 bits per heavy atom. The Hall–Kier alpha value is -2.16. The fourth-order valence-electron chi connectivity index (χ4n) is 0.883. The highest BCUT2D eigenvalue weighted by atomic mass is 16.6. The number of hydrogen-bond acceptors (Lipinski definition) is 5. The molecule has 0 saturated carbocycles. The minimum Gasteiger partial charge on any atom is -0.506 e. The van der Waals surface area contributed by atoms with Gasteiger partial charge in [-0.05, 0) is 0 Å². The first kappa shape index (κ1) is 8.93. The van der Waals surface area contributed by atoms with E-state index in [2.05, 4.69) is 4.98 Å². The minimum absolute atomic E-state index is 0.00231. The zero-order valence-corrected chi connectivity index (χ0v) is 6.47. The third-order valence-corrected chi connectivity index (χ3v) is 1.46. The molecule has 1 N–H and O–H groups in total. The molecule has 1 rings (SSSR count). The number of nitrogens with zero attached hydrogens (tertiary/aromatic N) is 3. The van der Waals surface area contributed by atoms with E-state index in [9.17, 15) is 10.1 Å². The van der Waals surface area contributed by atoms with Crippen molar-refractivity contribution in [3.8, 4) is 11.8 Å². The van der Waals surface area contributed by atoms with Crippen LogP contribution in [0, 0.1) is 21.4 Å². The summed E-state index contributed by atoms with van der Waals surface area (Å²) in [6.07, 6.45) is 1.87. The van der Waals surface area contributed by atoms with Gasteiger partial charge in [0.05, 0.1) is 29.2 Å². The summed E-state index contributed by atoms with van der Waals surface area (Å²) in [4.78, 5) is 13.2. The van der Waals surface area contributed by atoms with Gasteiger partial charge in [0.2, 0.25) is 0 Å². The van der Waals surface area contributed by atoms with Gasteiger partial charge in [0.15, 0.2) is 0 Å². The SMILES string of the molecule is N#CCc1c(O)cncc1[N+](=O)[O-]. The van der Waals surface area contributed by atoms with Gasteiger partial charge in [-0.25, -0.2) is 0 Å². The Morgan fingerprint density at radius 2 is 2.38 bits per heavy atom. The van der Waals surface area contributed by atoms with Crippen LogP contribution in [0.15, 0.2) is 12.4 Å². The molecule has 0 aromatic carbocycles. The highest BCUT2D eigenvalue weighted by Gasteiger charge is 2.17. The molecule has 0 radical (unpaired) electrons. The fourth-order valence-corrected chi connectivity index (χ4v) is 0.883. The van der Waals surface area contributed by atoms with E-state index in [1.54, 1.807) is 6.07 Å². The Kier molecular flexibility index (Phi) is 2.40. The smallest absolute Gasteiger partial charge is 0.295 e. The van der Waals surface area contributed by atoms with Crippen LogP contribution in [-0.4, -0.2) is 15.0 Å². The van der Waals surface area contributed by atoms with Crippen LogP contribution in [-0.2, 0) is 6.42 Å². The molecule has 0 aliphatic heterocycles. The van der Waals surface area contributed by atoms with Crippen LogP contribution in [0.5, 0.6) is 5.75 Å². The van der Waals surface area contributed by atoms with Gasteiger partial charge in [-0.3, -0.25) is 15.1 Å². The van der Waals surface area contributed by atoms with E-state index >= 15 is 0 Å². The topological polar surface area (TPSA) is 100 Å². The second-order valence-electron chi connectivity index (χ2n) is 2.25. The van der Waals surface area contributed by atoms with E-state index in [4.69, 9.17) is 10.4 Å². The van der Waals surface area contributed by atoms with Gasteiger partial charge in [0.1, 0.15) is 11.9 Å². The summed E-state index contributed by atoms with van der Waals surface area (Å²) in [6.45, 7) is 0. The van der Waals surface area contributed by atoms with Crippen molar-refractivity contribution < 1.29 is 10.0 Å². The van der Waals surface area contributed by atoms with Crippen molar-refractivity contribution in [3.63, 3.8) is 0 Å². The number of rotatable bonds is 2. The van der Waals surface area contributed by atoms with Crippen LogP contribution in [0.25, 0.3) is 0 Å². The van der Waals surface area contributed by atoms with E-state index in [0.717, 1.165) is 12.4 Å². The first-order chi connectivity index (χ1) is 6.16. The Bertz CT molecular complexity index is 383. The summed E-state index contributed by atoms with van der Waals surface area (Å²) >= 11 is 0. The zero-order chi connectivity index (χ0) is 9.84. The average molecular weight is 179 g/mol. The molecule has 0 spiro atoms. The van der Waals surface area contributed by atoms with Crippen LogP contribution in [0.1, 0.15) is 5.56 Å². The molecule has 0 fully saturated rings. The van der Waals surface area contributed by atoms with Gasteiger partial charge in [0.25, 0.3) is 5.69 Å². The van der Waals surface area contributed by atoms with Crippen LogP contribution >= 0.6 is 0 Å². The fraction of sp³-hybridized carbons (Fsp3) is 0.143. The van der Waals surface area contributed by atoms with Gasteiger partial charge in [-0.15, -0.1) is 0 Å². The molecule has 13 heavy (non-hydrogen) atoms. The second-order valence-corrected chi connectivity index (χ2v) is 2.25. The molecule has 6 nitrogen and oxygen atoms in total. The number of nitriles is 1. The quantitative estimate of drug-likeness (QED) is 0.533. The van der Waals surface area contributed by atoms with Crippen molar-refractivity contribution in [2.24, 2.45) is 0 Å². The van der Waals surface area contributed by atoms with Crippen molar-refractivity contribution in [1.29, 1.82) is 5.26 Å². The minimum atomic E-state index is -0.681. The number of aromatic hydroxyl groups is 1. The summed E-state index contributed by atoms with van der Waals surface area (Å²) in [5.74, 6) is -0.323. The van der Waals surface area contributed by atoms with Crippen molar-refractivity contribution >= 4 is 5.69 Å². The summed E-state index contributed by atoms with van der Waals surface area (Å²) in [5.41, 5.74) is -0.330. The molecule has 0 amide bonds. The van der Waals surface area contributed by atoms with E-state index < -0.39 is 4.92 Å². The maximum atomic E-state index is 10.4. The second kappa shape index (κ2) is 3.49. The van der Waals surface area contributed by atoms with Crippen LogP contribution in [0.3, 0.4) is 0 Å². The molecule has 66 valence electrons. The lowest BCUT2D eigenvalue weighted by atomic mass is 10.1. The highest BCUT2D eigenvalue weighted by molar-refractivity contribution is 5.47. The Morgan fingerprint density at radius 3 is 2.92 bits per heavy atom. The molecule has 1 aromatic heterocycles. The standard InChI is InChI=1S/C7H5N3O3/c8-2-1-5-6(10(12)13)3-9-4-7(5)11/h3-4,11H,1H2. The molecule has 1 heterocycles. The lowest BCUT2D eigenvalue weighted by Crippen LogP contribution is -1.96. The van der Waals surface area contributed by atoms with Crippen molar-refractivity contribution in [1.82, 2.24) is 4.98 Å². The maximum absolute atomic E-state index is 10.4. The van der Waals surface area contributed by atoms with E-state index in [1.165, 1.54) is 0 Å². The first-order valence-electron chi connectivity index (χ1n) is 3.34. The first-order valence-corrected chi connectivity index (χ1v) is 3.34. The zero-order valence-electron chi connectivity index (χ0n) is 6.47. The van der Waals surface area contributed by atoms with Crippen LogP contribution < -0.4 is 0 Å². The van der Waals surface area contributed by atoms with Gasteiger partial charge in [-0.1, -0.05) is 0 Å². The predicted molar refractivity (Wildman–Crippen MR) is 41.9 cm³/mol. The van der Waals surface area contributed by atoms with E-state index in [-0.39, 0.29) is 23.4 Å². The number of pyridine rings is 1. The molecule has 1 aromatic rings. The van der Waals surface area contributed by atoms with Crippen LogP contribution in [0.2, 0.25) is 0 Å². The molecule has 0 atom stereocenters.